The molecule has 0 radical (unpaired) electrons. The van der Waals surface area contributed by atoms with Crippen LogP contribution in [0.2, 0.25) is 0 Å². The van der Waals surface area contributed by atoms with Crippen LogP contribution in [0.15, 0.2) is 42.6 Å². The number of rotatable bonds is 5. The van der Waals surface area contributed by atoms with Crippen LogP contribution in [0, 0.1) is 5.82 Å². The summed E-state index contributed by atoms with van der Waals surface area (Å²) in [6, 6.07) is 10.3. The molecule has 2 aromatic rings. The van der Waals surface area contributed by atoms with Gasteiger partial charge < -0.3 is 9.64 Å². The van der Waals surface area contributed by atoms with Gasteiger partial charge in [-0.2, -0.15) is 0 Å². The number of nitrogens with zero attached hydrogens (tertiary/aromatic N) is 4. The number of carbonyl (C=O) groups is 1. The number of anilines is 2. The SMILES string of the molecule is O=C1COc2cccnc2N1CCCN1CCN(c2ccc(F)cc2)CC1. The molecule has 1 saturated heterocycles. The third kappa shape index (κ3) is 4.03. The highest BCUT2D eigenvalue weighted by Gasteiger charge is 2.26. The lowest BCUT2D eigenvalue weighted by atomic mass is 10.2. The number of carbonyl (C=O) groups excluding carboxylic acids is 1. The molecule has 3 heterocycles. The maximum atomic E-state index is 13.1. The van der Waals surface area contributed by atoms with E-state index in [-0.39, 0.29) is 18.3 Å². The highest BCUT2D eigenvalue weighted by molar-refractivity contribution is 5.96. The molecule has 1 fully saturated rings. The zero-order valence-electron chi connectivity index (χ0n) is 15.2. The van der Waals surface area contributed by atoms with Gasteiger partial charge in [-0.3, -0.25) is 14.6 Å². The Kier molecular flexibility index (Phi) is 5.20. The second-order valence-electron chi connectivity index (χ2n) is 6.82. The first kappa shape index (κ1) is 17.7. The van der Waals surface area contributed by atoms with E-state index in [1.807, 2.05) is 24.3 Å². The molecular formula is C20H23FN4O2. The molecule has 2 aliphatic rings. The van der Waals surface area contributed by atoms with Gasteiger partial charge in [0.15, 0.2) is 18.2 Å². The van der Waals surface area contributed by atoms with Crippen molar-refractivity contribution in [1.82, 2.24) is 9.88 Å². The largest absolute Gasteiger partial charge is 0.480 e. The molecule has 142 valence electrons. The minimum atomic E-state index is -0.203. The monoisotopic (exact) mass is 370 g/mol. The summed E-state index contributed by atoms with van der Waals surface area (Å²) in [5.74, 6) is 1.05. The van der Waals surface area contributed by atoms with Crippen molar-refractivity contribution in [2.75, 3.05) is 55.7 Å². The predicted molar refractivity (Wildman–Crippen MR) is 102 cm³/mol. The molecule has 0 atom stereocenters. The first-order valence-electron chi connectivity index (χ1n) is 9.32. The summed E-state index contributed by atoms with van der Waals surface area (Å²) in [6.45, 7) is 5.43. The molecule has 27 heavy (non-hydrogen) atoms. The Morgan fingerprint density at radius 1 is 1.04 bits per heavy atom. The lowest BCUT2D eigenvalue weighted by Gasteiger charge is -2.36. The molecular weight excluding hydrogens is 347 g/mol. The second kappa shape index (κ2) is 7.92. The maximum absolute atomic E-state index is 13.1. The number of ether oxygens (including phenoxy) is 1. The number of pyridine rings is 1. The van der Waals surface area contributed by atoms with E-state index < -0.39 is 0 Å². The zero-order valence-corrected chi connectivity index (χ0v) is 15.2. The van der Waals surface area contributed by atoms with E-state index in [0.29, 0.717) is 18.1 Å². The van der Waals surface area contributed by atoms with Crippen LogP contribution in [-0.2, 0) is 4.79 Å². The van der Waals surface area contributed by atoms with Crippen molar-refractivity contribution in [2.45, 2.75) is 6.42 Å². The Bertz CT molecular complexity index is 791. The average Bonchev–Trinajstić information content (AvgIpc) is 2.71. The van der Waals surface area contributed by atoms with Gasteiger partial charge in [-0.25, -0.2) is 9.37 Å². The Morgan fingerprint density at radius 3 is 2.59 bits per heavy atom. The van der Waals surface area contributed by atoms with Crippen LogP contribution >= 0.6 is 0 Å². The van der Waals surface area contributed by atoms with Crippen molar-refractivity contribution in [3.05, 3.63) is 48.4 Å². The van der Waals surface area contributed by atoms with Crippen LogP contribution in [0.4, 0.5) is 15.9 Å². The van der Waals surface area contributed by atoms with Crippen molar-refractivity contribution >= 4 is 17.4 Å². The molecule has 0 bridgehead atoms. The molecule has 6 nitrogen and oxygen atoms in total. The van der Waals surface area contributed by atoms with Gasteiger partial charge in [-0.05, 0) is 49.4 Å². The van der Waals surface area contributed by atoms with E-state index in [9.17, 15) is 9.18 Å². The summed E-state index contributed by atoms with van der Waals surface area (Å²) in [7, 11) is 0. The Labute approximate surface area is 158 Å². The van der Waals surface area contributed by atoms with Crippen molar-refractivity contribution in [3.8, 4) is 5.75 Å². The van der Waals surface area contributed by atoms with E-state index >= 15 is 0 Å². The topological polar surface area (TPSA) is 48.9 Å². The molecule has 0 aliphatic carbocycles. The number of piperazine rings is 1. The molecule has 4 rings (SSSR count). The van der Waals surface area contributed by atoms with E-state index in [1.165, 1.54) is 12.1 Å². The van der Waals surface area contributed by atoms with E-state index in [0.717, 1.165) is 44.8 Å². The van der Waals surface area contributed by atoms with E-state index in [4.69, 9.17) is 4.74 Å². The van der Waals surface area contributed by atoms with E-state index in [1.54, 1.807) is 11.1 Å². The van der Waals surface area contributed by atoms with Gasteiger partial charge >= 0.3 is 0 Å². The van der Waals surface area contributed by atoms with Crippen LogP contribution in [0.5, 0.6) is 5.75 Å². The highest BCUT2D eigenvalue weighted by atomic mass is 19.1. The number of fused-ring (bicyclic) bond motifs is 1. The molecule has 0 spiro atoms. The summed E-state index contributed by atoms with van der Waals surface area (Å²) < 4.78 is 18.5. The lowest BCUT2D eigenvalue weighted by molar-refractivity contribution is -0.121. The molecule has 1 aromatic carbocycles. The van der Waals surface area contributed by atoms with Gasteiger partial charge in [0.1, 0.15) is 5.82 Å². The van der Waals surface area contributed by atoms with Crippen LogP contribution in [0.1, 0.15) is 6.42 Å². The van der Waals surface area contributed by atoms with Gasteiger partial charge in [0.25, 0.3) is 5.91 Å². The summed E-state index contributed by atoms with van der Waals surface area (Å²) in [4.78, 5) is 22.9. The quantitative estimate of drug-likeness (QED) is 0.807. The first-order chi connectivity index (χ1) is 13.2. The number of amides is 1. The fourth-order valence-electron chi connectivity index (χ4n) is 3.60. The normalized spacial score (nSPS) is 17.6. The average molecular weight is 370 g/mol. The minimum Gasteiger partial charge on any atom is -0.480 e. The third-order valence-electron chi connectivity index (χ3n) is 5.08. The lowest BCUT2D eigenvalue weighted by Crippen LogP contribution is -2.47. The maximum Gasteiger partial charge on any atom is 0.266 e. The van der Waals surface area contributed by atoms with Gasteiger partial charge in [-0.15, -0.1) is 0 Å². The molecule has 0 unspecified atom stereocenters. The second-order valence-corrected chi connectivity index (χ2v) is 6.82. The van der Waals surface area contributed by atoms with Crippen LogP contribution < -0.4 is 14.5 Å². The summed E-state index contributed by atoms with van der Waals surface area (Å²) >= 11 is 0. The Hall–Kier alpha value is -2.67. The molecule has 1 amide bonds. The number of halogens is 1. The molecule has 1 aromatic heterocycles. The van der Waals surface area contributed by atoms with Crippen molar-refractivity contribution in [2.24, 2.45) is 0 Å². The fourth-order valence-corrected chi connectivity index (χ4v) is 3.60. The van der Waals surface area contributed by atoms with Crippen molar-refractivity contribution in [1.29, 1.82) is 0 Å². The molecule has 0 saturated carbocycles. The first-order valence-corrected chi connectivity index (χ1v) is 9.32. The van der Waals surface area contributed by atoms with Gasteiger partial charge in [-0.1, -0.05) is 0 Å². The summed E-state index contributed by atoms with van der Waals surface area (Å²) in [5, 5.41) is 0. The molecule has 7 heteroatoms. The number of hydrogen-bond donors (Lipinski definition) is 0. The number of aromatic nitrogens is 1. The van der Waals surface area contributed by atoms with Gasteiger partial charge in [0, 0.05) is 44.6 Å². The zero-order chi connectivity index (χ0) is 18.6. The predicted octanol–water partition coefficient (Wildman–Crippen LogP) is 2.16. The van der Waals surface area contributed by atoms with Crippen LogP contribution in [-0.4, -0.2) is 61.7 Å². The fraction of sp³-hybridized carbons (Fsp3) is 0.400. The van der Waals surface area contributed by atoms with Crippen LogP contribution in [0.25, 0.3) is 0 Å². The highest BCUT2D eigenvalue weighted by Crippen LogP contribution is 2.29. The molecule has 0 N–H and O–H groups in total. The van der Waals surface area contributed by atoms with Crippen LogP contribution in [0.3, 0.4) is 0 Å². The standard InChI is InChI=1S/C20H23FN4O2/c21-16-4-6-17(7-5-16)24-13-11-23(12-14-24)9-2-10-25-19(26)15-27-18-3-1-8-22-20(18)25/h1,3-8H,2,9-15H2. The van der Waals surface area contributed by atoms with Crippen molar-refractivity contribution in [3.63, 3.8) is 0 Å². The number of benzene rings is 1. The Morgan fingerprint density at radius 2 is 1.81 bits per heavy atom. The summed E-state index contributed by atoms with van der Waals surface area (Å²) in [5.41, 5.74) is 1.07. The number of hydrogen-bond acceptors (Lipinski definition) is 5. The summed E-state index contributed by atoms with van der Waals surface area (Å²) in [6.07, 6.45) is 2.57. The smallest absolute Gasteiger partial charge is 0.266 e. The minimum absolute atomic E-state index is 0.0395. The third-order valence-corrected chi connectivity index (χ3v) is 5.08. The Balaban J connectivity index is 1.26. The van der Waals surface area contributed by atoms with Crippen molar-refractivity contribution < 1.29 is 13.9 Å². The van der Waals surface area contributed by atoms with Gasteiger partial charge in [0.2, 0.25) is 0 Å². The molecule has 2 aliphatic heterocycles. The van der Waals surface area contributed by atoms with Gasteiger partial charge in [0.05, 0.1) is 0 Å². The van der Waals surface area contributed by atoms with E-state index in [2.05, 4.69) is 14.8 Å².